The first-order chi connectivity index (χ1) is 12.7. The maximum atomic E-state index is 12.6. The second-order valence-corrected chi connectivity index (χ2v) is 20.9. The van der Waals surface area contributed by atoms with Crippen molar-refractivity contribution in [2.24, 2.45) is 0 Å². The summed E-state index contributed by atoms with van der Waals surface area (Å²) in [7, 11) is 0. The summed E-state index contributed by atoms with van der Waals surface area (Å²) in [4.78, 5) is 24.0. The van der Waals surface area contributed by atoms with E-state index in [1.54, 1.807) is 6.20 Å². The van der Waals surface area contributed by atoms with Gasteiger partial charge >= 0.3 is 164 Å². The van der Waals surface area contributed by atoms with Crippen LogP contribution in [-0.4, -0.2) is 52.2 Å². The van der Waals surface area contributed by atoms with Crippen LogP contribution in [0.2, 0.25) is 13.3 Å². The zero-order valence-corrected chi connectivity index (χ0v) is 20.0. The van der Waals surface area contributed by atoms with Crippen molar-refractivity contribution >= 4 is 28.0 Å². The quantitative estimate of drug-likeness (QED) is 0.442. The Morgan fingerprint density at radius 3 is 1.88 bits per heavy atom. The molecule has 0 saturated carbocycles. The number of amides is 1. The normalized spacial score (nSPS) is 14.8. The minimum atomic E-state index is -2.52. The number of hydrogen-bond donors (Lipinski definition) is 0. The van der Waals surface area contributed by atoms with Gasteiger partial charge in [0.2, 0.25) is 0 Å². The monoisotopic (exact) mass is 467 g/mol. The van der Waals surface area contributed by atoms with Gasteiger partial charge in [0.15, 0.2) is 0 Å². The summed E-state index contributed by atoms with van der Waals surface area (Å²) < 4.78 is 5.48. The zero-order valence-electron chi connectivity index (χ0n) is 17.1. The second-order valence-electron chi connectivity index (χ2n) is 7.88. The molecule has 0 unspecified atom stereocenters. The molecule has 4 nitrogen and oxygen atoms in total. The van der Waals surface area contributed by atoms with Crippen LogP contribution in [0, 0.1) is 0 Å². The number of likely N-dealkylation sites (tertiary alicyclic amines) is 1. The van der Waals surface area contributed by atoms with E-state index in [4.69, 9.17) is 4.98 Å². The van der Waals surface area contributed by atoms with Crippen molar-refractivity contribution in [1.29, 1.82) is 0 Å². The number of unbranched alkanes of at least 4 members (excludes halogenated alkanes) is 3. The Labute approximate surface area is 164 Å². The summed E-state index contributed by atoms with van der Waals surface area (Å²) in [5, 5.41) is 0. The summed E-state index contributed by atoms with van der Waals surface area (Å²) >= 11 is -2.52. The third-order valence-electron chi connectivity index (χ3n) is 5.83. The Kier molecular flexibility index (Phi) is 9.37. The number of aromatic nitrogens is 2. The van der Waals surface area contributed by atoms with Crippen molar-refractivity contribution in [2.45, 2.75) is 85.4 Å². The molecule has 1 saturated heterocycles. The van der Waals surface area contributed by atoms with E-state index in [1.165, 1.54) is 55.5 Å². The molecule has 0 aliphatic carbocycles. The van der Waals surface area contributed by atoms with Crippen LogP contribution in [0.3, 0.4) is 0 Å². The van der Waals surface area contributed by atoms with Gasteiger partial charge in [-0.05, 0) is 0 Å². The molecule has 1 aliphatic rings. The van der Waals surface area contributed by atoms with E-state index in [-0.39, 0.29) is 5.91 Å². The van der Waals surface area contributed by atoms with E-state index in [0.29, 0.717) is 5.69 Å². The molecule has 0 spiro atoms. The molecule has 5 heteroatoms. The first-order valence-corrected chi connectivity index (χ1v) is 18.3. The molecule has 0 radical (unpaired) electrons. The van der Waals surface area contributed by atoms with Crippen LogP contribution in [-0.2, 0) is 0 Å². The number of hydrogen-bond acceptors (Lipinski definition) is 3. The van der Waals surface area contributed by atoms with Gasteiger partial charge in [0.1, 0.15) is 0 Å². The van der Waals surface area contributed by atoms with Crippen LogP contribution in [0.15, 0.2) is 12.4 Å². The van der Waals surface area contributed by atoms with Crippen molar-refractivity contribution < 1.29 is 4.79 Å². The van der Waals surface area contributed by atoms with Crippen molar-refractivity contribution in [3.8, 4) is 0 Å². The van der Waals surface area contributed by atoms with Gasteiger partial charge in [0, 0.05) is 0 Å². The van der Waals surface area contributed by atoms with Gasteiger partial charge in [0.25, 0.3) is 0 Å². The Hall–Kier alpha value is -0.651. The Morgan fingerprint density at radius 1 is 0.923 bits per heavy atom. The molecule has 0 aromatic carbocycles. The maximum absolute atomic E-state index is 12.6. The van der Waals surface area contributed by atoms with Crippen LogP contribution in [0.4, 0.5) is 0 Å². The van der Waals surface area contributed by atoms with E-state index in [9.17, 15) is 4.79 Å². The van der Waals surface area contributed by atoms with E-state index in [1.807, 2.05) is 11.1 Å². The average molecular weight is 466 g/mol. The fourth-order valence-corrected chi connectivity index (χ4v) is 19.2. The summed E-state index contributed by atoms with van der Waals surface area (Å²) in [5.74, 6) is 0.0676. The number of nitrogens with zero attached hydrogens (tertiary/aromatic N) is 3. The van der Waals surface area contributed by atoms with Crippen LogP contribution < -0.4 is 3.71 Å². The van der Waals surface area contributed by atoms with Gasteiger partial charge in [-0.2, -0.15) is 0 Å². The number of carbonyl (C=O) groups is 1. The van der Waals surface area contributed by atoms with Crippen LogP contribution in [0.1, 0.15) is 82.6 Å². The molecule has 26 heavy (non-hydrogen) atoms. The summed E-state index contributed by atoms with van der Waals surface area (Å²) in [6.07, 6.45) is 13.7. The van der Waals surface area contributed by atoms with Crippen molar-refractivity contribution in [3.63, 3.8) is 0 Å². The fourth-order valence-electron chi connectivity index (χ4n) is 4.10. The van der Waals surface area contributed by atoms with Crippen LogP contribution >= 0.6 is 0 Å². The zero-order chi connectivity index (χ0) is 18.8. The van der Waals surface area contributed by atoms with Crippen molar-refractivity contribution in [2.75, 3.05) is 13.1 Å². The summed E-state index contributed by atoms with van der Waals surface area (Å²) in [5.41, 5.74) is 0.539. The van der Waals surface area contributed by atoms with E-state index in [2.05, 4.69) is 25.8 Å². The minimum absolute atomic E-state index is 0.0676. The Morgan fingerprint density at radius 2 is 1.46 bits per heavy atom. The van der Waals surface area contributed by atoms with Crippen LogP contribution in [0.5, 0.6) is 0 Å². The summed E-state index contributed by atoms with van der Waals surface area (Å²) in [6.45, 7) is 8.61. The molecule has 146 valence electrons. The molecule has 2 rings (SSSR count). The van der Waals surface area contributed by atoms with Crippen molar-refractivity contribution in [3.05, 3.63) is 18.1 Å². The first kappa shape index (κ1) is 21.6. The van der Waals surface area contributed by atoms with Gasteiger partial charge in [-0.1, -0.05) is 0 Å². The molecule has 0 N–H and O–H groups in total. The molecule has 1 amide bonds. The second kappa shape index (κ2) is 11.3. The fraction of sp³-hybridized carbons (Fsp3) is 0.762. The number of rotatable bonds is 11. The van der Waals surface area contributed by atoms with E-state index in [0.717, 1.165) is 25.9 Å². The predicted octanol–water partition coefficient (Wildman–Crippen LogP) is 4.77. The first-order valence-electron chi connectivity index (χ1n) is 10.8. The SMILES string of the molecule is CCC[CH2][Sn]([CH2]CCC)([CH2]CCC)[c]1cnc(C(=O)N2CCCC2)cn1. The Bertz CT molecular complexity index is 519. The molecule has 1 fully saturated rings. The third kappa shape index (κ3) is 5.67. The van der Waals surface area contributed by atoms with Crippen LogP contribution in [0.25, 0.3) is 0 Å². The number of carbonyl (C=O) groups excluding carboxylic acids is 1. The molecular weight excluding hydrogens is 429 g/mol. The molecular formula is C21H37N3OSn. The Balaban J connectivity index is 2.22. The summed E-state index contributed by atoms with van der Waals surface area (Å²) in [6, 6.07) is 0. The van der Waals surface area contributed by atoms with Gasteiger partial charge in [0.05, 0.1) is 0 Å². The van der Waals surface area contributed by atoms with Crippen molar-refractivity contribution in [1.82, 2.24) is 14.9 Å². The predicted molar refractivity (Wildman–Crippen MR) is 112 cm³/mol. The molecule has 0 bridgehead atoms. The van der Waals surface area contributed by atoms with E-state index >= 15 is 0 Å². The molecule has 1 aliphatic heterocycles. The van der Waals surface area contributed by atoms with Gasteiger partial charge in [-0.3, -0.25) is 0 Å². The topological polar surface area (TPSA) is 46.1 Å². The molecule has 2 heterocycles. The van der Waals surface area contributed by atoms with Gasteiger partial charge in [-0.15, -0.1) is 0 Å². The van der Waals surface area contributed by atoms with Gasteiger partial charge in [-0.25, -0.2) is 0 Å². The third-order valence-corrected chi connectivity index (χ3v) is 20.9. The van der Waals surface area contributed by atoms with Gasteiger partial charge < -0.3 is 0 Å². The van der Waals surface area contributed by atoms with E-state index < -0.39 is 18.4 Å². The average Bonchev–Trinajstić information content (AvgIpc) is 3.22. The molecule has 1 aromatic rings. The standard InChI is InChI=1S/C9H10N3O.3C4H9.Sn/c13-9(12-5-1-2-6-12)8-7-10-3-4-11-8;3*1-3-4-2;/h4,7H,1-2,5-6H2;3*1,3-4H2,2H3;. The molecule has 0 atom stereocenters. The molecule has 1 aromatic heterocycles.